The molecular formula is C22H32IN2O2+. The lowest BCUT2D eigenvalue weighted by atomic mass is 9.38. The van der Waals surface area contributed by atoms with Crippen LogP contribution in [0.15, 0.2) is 11.6 Å². The Balaban J connectivity index is 1.78. The molecule has 4 aliphatic rings. The van der Waals surface area contributed by atoms with Crippen molar-refractivity contribution < 1.29 is 9.53 Å². The van der Waals surface area contributed by atoms with Crippen molar-refractivity contribution in [1.29, 1.82) is 0 Å². The van der Waals surface area contributed by atoms with Gasteiger partial charge in [0.05, 0.1) is 21.5 Å². The lowest BCUT2D eigenvalue weighted by Crippen LogP contribution is -2.72. The highest BCUT2D eigenvalue weighted by atomic mass is 127. The molecule has 0 aromatic heterocycles. The van der Waals surface area contributed by atoms with Crippen LogP contribution < -0.4 is 5.32 Å². The molecule has 3 aliphatic carbocycles. The minimum atomic E-state index is -0.258. The lowest BCUT2D eigenvalue weighted by Gasteiger charge is -2.63. The average molecular weight is 483 g/mol. The summed E-state index contributed by atoms with van der Waals surface area (Å²) in [5.41, 5.74) is 1.06. The van der Waals surface area contributed by atoms with Gasteiger partial charge in [-0.05, 0) is 58.3 Å². The van der Waals surface area contributed by atoms with E-state index in [1.165, 1.54) is 5.57 Å². The van der Waals surface area contributed by atoms with Crippen molar-refractivity contribution in [2.24, 2.45) is 16.7 Å². The molecule has 0 unspecified atom stereocenters. The van der Waals surface area contributed by atoms with Crippen LogP contribution >= 0.6 is 22.6 Å². The largest absolute Gasteiger partial charge is 0.368 e. The number of ether oxygens (including phenoxy) is 1. The Morgan fingerprint density at radius 2 is 2.07 bits per heavy atom. The summed E-state index contributed by atoms with van der Waals surface area (Å²) in [5.74, 6) is 0.603. The van der Waals surface area contributed by atoms with Crippen LogP contribution in [0.1, 0.15) is 72.1 Å². The maximum absolute atomic E-state index is 12.1. The normalized spacial score (nSPS) is 49.0. The van der Waals surface area contributed by atoms with Crippen LogP contribution in [0.3, 0.4) is 0 Å². The van der Waals surface area contributed by atoms with Crippen LogP contribution in [-0.2, 0) is 9.53 Å². The number of allylic oxidation sites excluding steroid dienone is 1. The molecule has 5 heteroatoms. The highest BCUT2D eigenvalue weighted by Crippen LogP contribution is 2.69. The first kappa shape index (κ1) is 19.7. The van der Waals surface area contributed by atoms with Crippen molar-refractivity contribution in [3.63, 3.8) is 0 Å². The van der Waals surface area contributed by atoms with Gasteiger partial charge in [-0.1, -0.05) is 46.0 Å². The summed E-state index contributed by atoms with van der Waals surface area (Å²) in [7, 11) is 0. The number of hydrogen-bond acceptors (Lipinski definition) is 2. The van der Waals surface area contributed by atoms with Crippen molar-refractivity contribution >= 4 is 28.5 Å². The first-order valence-electron chi connectivity index (χ1n) is 10.3. The third kappa shape index (κ3) is 2.51. The number of nitrogens with zero attached hydrogens (tertiary/aromatic N) is 1. The third-order valence-corrected chi connectivity index (χ3v) is 9.26. The fraction of sp³-hybridized carbons (Fsp3) is 0.818. The molecule has 0 aromatic carbocycles. The Bertz CT molecular complexity index is 730. The van der Waals surface area contributed by atoms with E-state index < -0.39 is 0 Å². The molecule has 4 nitrogen and oxygen atoms in total. The minimum absolute atomic E-state index is 0.0112. The Morgan fingerprint density at radius 3 is 2.78 bits per heavy atom. The number of fused-ring (bicyclic) bond motifs is 5. The zero-order chi connectivity index (χ0) is 19.5. The maximum atomic E-state index is 12.1. The molecule has 1 saturated heterocycles. The van der Waals surface area contributed by atoms with E-state index in [9.17, 15) is 4.79 Å². The fourth-order valence-corrected chi connectivity index (χ4v) is 7.95. The standard InChI is InChI=1S/C22H31IN2O2/c1-19-10-8-16(27-14-23)13-15(19)7-9-20(2)17-5-6-18(26)25-21(17,3)11-12-22(19,20)24-4/h4,7,16-17H,5-6,8-14H2,1-3H3/p+1/t16-,17-,19-,20-,21-,22-/m0/s1. The van der Waals surface area contributed by atoms with E-state index in [4.69, 9.17) is 16.2 Å². The second-order valence-electron chi connectivity index (χ2n) is 9.87. The molecule has 1 heterocycles. The summed E-state index contributed by atoms with van der Waals surface area (Å²) in [6.07, 6.45) is 10.4. The quantitative estimate of drug-likeness (QED) is 0.339. The second kappa shape index (κ2) is 6.45. The molecule has 3 fully saturated rings. The van der Waals surface area contributed by atoms with E-state index in [0.717, 1.165) is 49.6 Å². The van der Waals surface area contributed by atoms with E-state index in [2.05, 4.69) is 54.8 Å². The zero-order valence-corrected chi connectivity index (χ0v) is 19.0. The van der Waals surface area contributed by atoms with Crippen molar-refractivity contribution in [1.82, 2.24) is 5.32 Å². The maximum Gasteiger partial charge on any atom is 0.295 e. The van der Waals surface area contributed by atoms with E-state index in [0.29, 0.717) is 18.4 Å². The molecule has 0 radical (unpaired) electrons. The number of amides is 1. The van der Waals surface area contributed by atoms with Crippen LogP contribution in [0.25, 0.3) is 4.85 Å². The molecule has 0 spiro atoms. The number of carbonyl (C=O) groups excluding carboxylic acids is 1. The summed E-state index contributed by atoms with van der Waals surface area (Å²) < 4.78 is 6.70. The topological polar surface area (TPSA) is 42.7 Å². The number of piperidine rings is 1. The molecule has 4 rings (SSSR count). The van der Waals surface area contributed by atoms with E-state index in [-0.39, 0.29) is 27.8 Å². The fourth-order valence-electron chi connectivity index (χ4n) is 7.44. The highest BCUT2D eigenvalue weighted by molar-refractivity contribution is 14.1. The van der Waals surface area contributed by atoms with Gasteiger partial charge in [-0.3, -0.25) is 4.79 Å². The molecule has 1 N–H and O–H groups in total. The first-order valence-corrected chi connectivity index (χ1v) is 11.9. The van der Waals surface area contributed by atoms with Crippen molar-refractivity contribution in [3.05, 3.63) is 16.5 Å². The Morgan fingerprint density at radius 1 is 1.30 bits per heavy atom. The average Bonchev–Trinajstić information content (AvgIpc) is 2.62. The molecule has 0 aromatic rings. The SMILES string of the molecule is C#[N+][C@]12CC[C@]3(C)NC(=O)CC[C@H]3[C@]1(C)CC=C1C[C@@H](OCI)CC[C@@]12C. The van der Waals surface area contributed by atoms with Crippen molar-refractivity contribution in [2.75, 3.05) is 4.61 Å². The van der Waals surface area contributed by atoms with Crippen LogP contribution in [-0.4, -0.2) is 27.7 Å². The summed E-state index contributed by atoms with van der Waals surface area (Å²) in [6, 6.07) is 0. The number of alkyl halides is 1. The monoisotopic (exact) mass is 483 g/mol. The van der Waals surface area contributed by atoms with Gasteiger partial charge in [0.25, 0.3) is 12.1 Å². The van der Waals surface area contributed by atoms with E-state index >= 15 is 0 Å². The number of rotatable bonds is 2. The molecule has 148 valence electrons. The van der Waals surface area contributed by atoms with Crippen molar-refractivity contribution in [2.45, 2.75) is 89.3 Å². The van der Waals surface area contributed by atoms with E-state index in [1.54, 1.807) is 0 Å². The van der Waals surface area contributed by atoms with Crippen LogP contribution in [0.5, 0.6) is 0 Å². The molecule has 0 bridgehead atoms. The smallest absolute Gasteiger partial charge is 0.295 e. The van der Waals surface area contributed by atoms with Crippen LogP contribution in [0.2, 0.25) is 0 Å². The number of halogens is 1. The molecule has 1 amide bonds. The predicted molar refractivity (Wildman–Crippen MR) is 116 cm³/mol. The Labute approximate surface area is 176 Å². The minimum Gasteiger partial charge on any atom is -0.368 e. The van der Waals surface area contributed by atoms with Gasteiger partial charge in [0, 0.05) is 18.4 Å². The van der Waals surface area contributed by atoms with Gasteiger partial charge in [-0.15, -0.1) is 0 Å². The van der Waals surface area contributed by atoms with Gasteiger partial charge in [0.15, 0.2) is 0 Å². The van der Waals surface area contributed by atoms with Gasteiger partial charge >= 0.3 is 0 Å². The summed E-state index contributed by atoms with van der Waals surface area (Å²) in [5, 5.41) is 3.34. The molecule has 1 aliphatic heterocycles. The Kier molecular flexibility index (Phi) is 4.71. The lowest BCUT2D eigenvalue weighted by molar-refractivity contribution is -0.140. The van der Waals surface area contributed by atoms with Gasteiger partial charge in [-0.2, -0.15) is 0 Å². The summed E-state index contributed by atoms with van der Waals surface area (Å²) in [6.45, 7) is 13.3. The number of carbonyl (C=O) groups is 1. The van der Waals surface area contributed by atoms with Gasteiger partial charge < -0.3 is 10.1 Å². The number of hydrogen-bond donors (Lipinski definition) is 1. The molecule has 27 heavy (non-hydrogen) atoms. The zero-order valence-electron chi connectivity index (χ0n) is 16.8. The predicted octanol–water partition coefficient (Wildman–Crippen LogP) is 5.07. The first-order chi connectivity index (χ1) is 12.7. The van der Waals surface area contributed by atoms with E-state index in [1.807, 2.05) is 0 Å². The Hall–Kier alpha value is -0.610. The second-order valence-corrected chi connectivity index (χ2v) is 10.5. The summed E-state index contributed by atoms with van der Waals surface area (Å²) >= 11 is 2.29. The molecule has 6 atom stereocenters. The molecular weight excluding hydrogens is 451 g/mol. The summed E-state index contributed by atoms with van der Waals surface area (Å²) in [4.78, 5) is 16.9. The van der Waals surface area contributed by atoms with Gasteiger partial charge in [0.1, 0.15) is 0 Å². The third-order valence-electron chi connectivity index (χ3n) is 8.90. The van der Waals surface area contributed by atoms with Crippen LogP contribution in [0.4, 0.5) is 0 Å². The van der Waals surface area contributed by atoms with Crippen molar-refractivity contribution in [3.8, 4) is 6.57 Å². The highest BCUT2D eigenvalue weighted by Gasteiger charge is 2.76. The van der Waals surface area contributed by atoms with Gasteiger partial charge in [0.2, 0.25) is 5.91 Å². The van der Waals surface area contributed by atoms with Crippen LogP contribution in [0, 0.1) is 23.3 Å². The molecule has 2 saturated carbocycles. The number of nitrogens with one attached hydrogen (secondary N) is 1. The van der Waals surface area contributed by atoms with Gasteiger partial charge in [-0.25, -0.2) is 0 Å².